The van der Waals surface area contributed by atoms with Gasteiger partial charge in [-0.3, -0.25) is 4.79 Å². The number of nitrogens with one attached hydrogen (secondary N) is 1. The van der Waals surface area contributed by atoms with Crippen molar-refractivity contribution in [3.8, 4) is 0 Å². The molecule has 2 aliphatic carbocycles. The fraction of sp³-hybridized carbons (Fsp3) is 0.708. The largest absolute Gasteiger partial charge is 0.382 e. The van der Waals surface area contributed by atoms with Gasteiger partial charge in [-0.1, -0.05) is 13.8 Å². The van der Waals surface area contributed by atoms with E-state index in [1.807, 2.05) is 19.9 Å². The van der Waals surface area contributed by atoms with Crippen LogP contribution in [0.2, 0.25) is 0 Å². The number of fused-ring (bicyclic) bond motifs is 3. The zero-order chi connectivity index (χ0) is 24.7. The highest BCUT2D eigenvalue weighted by Gasteiger charge is 2.65. The Balaban J connectivity index is 1.37. The van der Waals surface area contributed by atoms with Crippen LogP contribution in [-0.2, 0) is 32.7 Å². The number of Topliss-reactive ketones (excluding diaryl/α,β-unsaturated/α-hetero) is 1. The van der Waals surface area contributed by atoms with Crippen LogP contribution in [0.1, 0.15) is 64.4 Å². The molecule has 188 valence electrons. The Bertz CT molecular complexity index is 1190. The fourth-order valence-electron chi connectivity index (χ4n) is 5.98. The van der Waals surface area contributed by atoms with Gasteiger partial charge in [0.05, 0.1) is 11.3 Å². The van der Waals surface area contributed by atoms with Gasteiger partial charge in [-0.25, -0.2) is 23.1 Å². The molecule has 2 atom stereocenters. The molecule has 4 rings (SSSR count). The van der Waals surface area contributed by atoms with Crippen molar-refractivity contribution in [2.45, 2.75) is 73.0 Å². The number of carbonyl (C=O) groups excluding carboxylic acids is 1. The maximum atomic E-state index is 12.9. The molecule has 0 aliphatic heterocycles. The summed E-state index contributed by atoms with van der Waals surface area (Å²) in [6, 6.07) is 1.96. The molecule has 2 aromatic heterocycles. The van der Waals surface area contributed by atoms with Gasteiger partial charge in [-0.2, -0.15) is 0 Å². The lowest BCUT2D eigenvalue weighted by Crippen LogP contribution is -2.45. The number of imidazole rings is 1. The molecule has 2 unspecified atom stereocenters. The first-order valence-corrected chi connectivity index (χ1v) is 13.9. The summed E-state index contributed by atoms with van der Waals surface area (Å²) in [5.74, 6) is 1.51. The van der Waals surface area contributed by atoms with Crippen molar-refractivity contribution in [3.05, 3.63) is 17.6 Å². The summed E-state index contributed by atoms with van der Waals surface area (Å²) in [5, 5.41) is 0. The van der Waals surface area contributed by atoms with Crippen molar-refractivity contribution in [1.29, 1.82) is 0 Å². The smallest absolute Gasteiger partial charge is 0.212 e. The number of carbonyl (C=O) groups is 1. The van der Waals surface area contributed by atoms with E-state index in [0.717, 1.165) is 29.9 Å². The quantitative estimate of drug-likeness (QED) is 0.462. The van der Waals surface area contributed by atoms with Crippen molar-refractivity contribution in [3.63, 3.8) is 0 Å². The molecular weight excluding hydrogens is 454 g/mol. The van der Waals surface area contributed by atoms with Gasteiger partial charge in [0.2, 0.25) is 10.0 Å². The van der Waals surface area contributed by atoms with Crippen LogP contribution in [0.4, 0.5) is 5.82 Å². The van der Waals surface area contributed by atoms with E-state index in [1.54, 1.807) is 0 Å². The Morgan fingerprint density at radius 3 is 2.71 bits per heavy atom. The fourth-order valence-corrected chi connectivity index (χ4v) is 7.86. The Labute approximate surface area is 201 Å². The Morgan fingerprint density at radius 2 is 2.06 bits per heavy atom. The molecule has 10 heteroatoms. The molecular formula is C24H37N5O4S. The predicted molar refractivity (Wildman–Crippen MR) is 132 cm³/mol. The summed E-state index contributed by atoms with van der Waals surface area (Å²) >= 11 is 0. The van der Waals surface area contributed by atoms with Crippen LogP contribution in [0.15, 0.2) is 6.07 Å². The second-order valence-electron chi connectivity index (χ2n) is 10.4. The SMILES string of the molecule is CCOCc1nc2c(N)nc(C)cc2n1CCCCNS(=O)(=O)CC12CCC(CC1=O)C2(C)C. The number of nitrogens with zero attached hydrogens (tertiary/aromatic N) is 3. The summed E-state index contributed by atoms with van der Waals surface area (Å²) in [6.45, 7) is 9.92. The number of aryl methyl sites for hydroxylation is 2. The van der Waals surface area contributed by atoms with Gasteiger partial charge in [0.15, 0.2) is 5.82 Å². The van der Waals surface area contributed by atoms with Gasteiger partial charge >= 0.3 is 0 Å². The van der Waals surface area contributed by atoms with E-state index >= 15 is 0 Å². The van der Waals surface area contributed by atoms with Crippen LogP contribution in [0, 0.1) is 23.7 Å². The van der Waals surface area contributed by atoms with Crippen LogP contribution < -0.4 is 10.5 Å². The van der Waals surface area contributed by atoms with E-state index in [-0.39, 0.29) is 17.0 Å². The minimum Gasteiger partial charge on any atom is -0.382 e. The number of ketones is 1. The summed E-state index contributed by atoms with van der Waals surface area (Å²) in [5.41, 5.74) is 7.49. The number of anilines is 1. The van der Waals surface area contributed by atoms with Crippen molar-refractivity contribution in [2.24, 2.45) is 16.7 Å². The molecule has 0 amide bonds. The molecule has 34 heavy (non-hydrogen) atoms. The first-order chi connectivity index (χ1) is 16.0. The summed E-state index contributed by atoms with van der Waals surface area (Å²) < 4.78 is 36.2. The van der Waals surface area contributed by atoms with E-state index < -0.39 is 15.4 Å². The maximum absolute atomic E-state index is 12.9. The summed E-state index contributed by atoms with van der Waals surface area (Å²) in [6.07, 6.45) is 3.56. The van der Waals surface area contributed by atoms with Gasteiger partial charge in [0.1, 0.15) is 23.7 Å². The van der Waals surface area contributed by atoms with Crippen molar-refractivity contribution in [1.82, 2.24) is 19.3 Å². The molecule has 0 spiro atoms. The van der Waals surface area contributed by atoms with Crippen LogP contribution >= 0.6 is 0 Å². The van der Waals surface area contributed by atoms with Crippen LogP contribution in [0.5, 0.6) is 0 Å². The number of aromatic nitrogens is 3. The molecule has 3 N–H and O–H groups in total. The number of sulfonamides is 1. The standard InChI is InChI=1S/C24H37N5O4S/c1-5-33-14-20-28-21-18(12-16(2)27-22(21)25)29(20)11-7-6-10-26-34(31,32)15-24-9-8-17(13-19(24)30)23(24,3)4/h12,17,26H,5-11,13-15H2,1-4H3,(H2,25,27). The molecule has 2 bridgehead atoms. The summed E-state index contributed by atoms with van der Waals surface area (Å²) in [4.78, 5) is 21.6. The number of unbranched alkanes of at least 4 members (excludes halogenated alkanes) is 1. The Kier molecular flexibility index (Phi) is 6.78. The predicted octanol–water partition coefficient (Wildman–Crippen LogP) is 2.95. The number of pyridine rings is 1. The Hall–Kier alpha value is -2.04. The normalized spacial score (nSPS) is 23.9. The monoisotopic (exact) mass is 491 g/mol. The lowest BCUT2D eigenvalue weighted by atomic mass is 9.70. The van der Waals surface area contributed by atoms with Gasteiger partial charge in [0, 0.05) is 37.2 Å². The van der Waals surface area contributed by atoms with Gasteiger partial charge < -0.3 is 15.0 Å². The third-order valence-electron chi connectivity index (χ3n) is 8.11. The van der Waals surface area contributed by atoms with Gasteiger partial charge in [-0.15, -0.1) is 0 Å². The molecule has 2 fully saturated rings. The second-order valence-corrected chi connectivity index (χ2v) is 12.2. The first-order valence-electron chi connectivity index (χ1n) is 12.2. The minimum absolute atomic E-state index is 0.0987. The maximum Gasteiger partial charge on any atom is 0.212 e. The molecule has 2 aliphatic rings. The molecule has 2 heterocycles. The summed E-state index contributed by atoms with van der Waals surface area (Å²) in [7, 11) is -3.55. The number of ether oxygens (including phenoxy) is 1. The molecule has 9 nitrogen and oxygen atoms in total. The lowest BCUT2D eigenvalue weighted by molar-refractivity contribution is -0.128. The first kappa shape index (κ1) is 25.1. The zero-order valence-corrected chi connectivity index (χ0v) is 21.5. The molecule has 0 aromatic carbocycles. The van der Waals surface area contributed by atoms with E-state index in [9.17, 15) is 13.2 Å². The van der Waals surface area contributed by atoms with Crippen molar-refractivity contribution >= 4 is 32.7 Å². The van der Waals surface area contributed by atoms with Gasteiger partial charge in [0.25, 0.3) is 0 Å². The van der Waals surface area contributed by atoms with Gasteiger partial charge in [-0.05, 0) is 56.9 Å². The number of nitrogens with two attached hydrogens (primary N) is 1. The molecule has 2 aromatic rings. The highest BCUT2D eigenvalue weighted by molar-refractivity contribution is 7.89. The molecule has 0 radical (unpaired) electrons. The van der Waals surface area contributed by atoms with Crippen molar-refractivity contribution in [2.75, 3.05) is 24.6 Å². The third-order valence-corrected chi connectivity index (χ3v) is 9.63. The van der Waals surface area contributed by atoms with E-state index in [0.29, 0.717) is 62.8 Å². The average molecular weight is 492 g/mol. The zero-order valence-electron chi connectivity index (χ0n) is 20.7. The van der Waals surface area contributed by atoms with Crippen LogP contribution in [0.25, 0.3) is 11.0 Å². The van der Waals surface area contributed by atoms with E-state index in [4.69, 9.17) is 10.5 Å². The second kappa shape index (κ2) is 9.20. The topological polar surface area (TPSA) is 129 Å². The van der Waals surface area contributed by atoms with E-state index in [1.165, 1.54) is 0 Å². The average Bonchev–Trinajstić information content (AvgIpc) is 3.28. The lowest BCUT2D eigenvalue weighted by Gasteiger charge is -2.36. The number of nitrogen functional groups attached to an aromatic ring is 1. The molecule has 2 saturated carbocycles. The van der Waals surface area contributed by atoms with Crippen molar-refractivity contribution < 1.29 is 17.9 Å². The number of hydrogen-bond acceptors (Lipinski definition) is 7. The number of rotatable bonds is 11. The number of hydrogen-bond donors (Lipinski definition) is 2. The van der Waals surface area contributed by atoms with E-state index in [2.05, 4.69) is 33.1 Å². The third kappa shape index (κ3) is 4.35. The highest BCUT2D eigenvalue weighted by Crippen LogP contribution is 2.64. The van der Waals surface area contributed by atoms with Crippen LogP contribution in [-0.4, -0.2) is 47.6 Å². The van der Waals surface area contributed by atoms with Crippen LogP contribution in [0.3, 0.4) is 0 Å². The minimum atomic E-state index is -3.55. The highest BCUT2D eigenvalue weighted by atomic mass is 32.2. The Morgan fingerprint density at radius 1 is 1.29 bits per heavy atom. The molecule has 0 saturated heterocycles.